The van der Waals surface area contributed by atoms with E-state index in [2.05, 4.69) is 10.2 Å². The first-order valence-corrected chi connectivity index (χ1v) is 3.94. The average Bonchev–Trinajstić information content (AvgIpc) is 2.62. The number of rotatable bonds is 1. The second kappa shape index (κ2) is 3.06. The summed E-state index contributed by atoms with van der Waals surface area (Å²) in [5, 5.41) is 6.12. The Morgan fingerprint density at radius 1 is 1.54 bits per heavy atom. The number of halogens is 1. The third-order valence-corrected chi connectivity index (χ3v) is 1.81. The predicted molar refractivity (Wildman–Crippen MR) is 47.6 cm³/mol. The van der Waals surface area contributed by atoms with Crippen LogP contribution < -0.4 is 5.56 Å². The number of aromatic nitrogens is 2. The molecule has 66 valence electrons. The fraction of sp³-hybridized carbons (Fsp3) is 0. The minimum Gasteiger partial charge on any atom is -0.463 e. The third-order valence-electron chi connectivity index (χ3n) is 1.53. The van der Waals surface area contributed by atoms with Crippen LogP contribution in [0.2, 0.25) is 5.02 Å². The Labute approximate surface area is 78.2 Å². The molecule has 0 fully saturated rings. The van der Waals surface area contributed by atoms with E-state index in [1.165, 1.54) is 12.3 Å². The van der Waals surface area contributed by atoms with Gasteiger partial charge in [-0.2, -0.15) is 5.10 Å². The zero-order valence-corrected chi connectivity index (χ0v) is 7.21. The van der Waals surface area contributed by atoms with Crippen molar-refractivity contribution in [2.24, 2.45) is 0 Å². The summed E-state index contributed by atoms with van der Waals surface area (Å²) in [6.45, 7) is 0. The molecule has 2 rings (SSSR count). The molecule has 4 nitrogen and oxygen atoms in total. The maximum atomic E-state index is 10.9. The summed E-state index contributed by atoms with van der Waals surface area (Å²) >= 11 is 5.61. The van der Waals surface area contributed by atoms with E-state index >= 15 is 0 Å². The highest BCUT2D eigenvalue weighted by atomic mass is 35.5. The van der Waals surface area contributed by atoms with Gasteiger partial charge in [-0.1, -0.05) is 11.6 Å². The van der Waals surface area contributed by atoms with E-state index in [4.69, 9.17) is 16.0 Å². The summed E-state index contributed by atoms with van der Waals surface area (Å²) in [6.07, 6.45) is 1.52. The fourth-order valence-corrected chi connectivity index (χ4v) is 1.08. The molecule has 0 unspecified atom stereocenters. The van der Waals surface area contributed by atoms with Crippen molar-refractivity contribution in [3.8, 4) is 11.5 Å². The molecule has 0 spiro atoms. The summed E-state index contributed by atoms with van der Waals surface area (Å²) < 4.78 is 5.07. The van der Waals surface area contributed by atoms with Gasteiger partial charge in [0.2, 0.25) is 0 Å². The minimum absolute atomic E-state index is 0.0985. The molecule has 13 heavy (non-hydrogen) atoms. The first kappa shape index (κ1) is 8.07. The third kappa shape index (κ3) is 1.48. The Kier molecular flexibility index (Phi) is 1.90. The van der Waals surface area contributed by atoms with Crippen LogP contribution in [0.25, 0.3) is 11.5 Å². The second-order valence-corrected chi connectivity index (χ2v) is 2.81. The van der Waals surface area contributed by atoms with Crippen LogP contribution >= 0.6 is 11.6 Å². The number of hydrogen-bond donors (Lipinski definition) is 1. The van der Waals surface area contributed by atoms with Crippen LogP contribution in [-0.2, 0) is 0 Å². The molecular weight excluding hydrogens is 192 g/mol. The average molecular weight is 197 g/mol. The Hall–Kier alpha value is -1.55. The summed E-state index contributed by atoms with van der Waals surface area (Å²) in [5.74, 6) is 0.568. The normalized spacial score (nSPS) is 10.2. The highest BCUT2D eigenvalue weighted by molar-refractivity contribution is 6.30. The molecule has 0 radical (unpaired) electrons. The van der Waals surface area contributed by atoms with Crippen molar-refractivity contribution in [1.82, 2.24) is 10.2 Å². The van der Waals surface area contributed by atoms with E-state index in [1.54, 1.807) is 12.1 Å². The number of furan rings is 1. The Balaban J connectivity index is 2.55. The number of aromatic amines is 1. The molecule has 0 saturated carbocycles. The van der Waals surface area contributed by atoms with Gasteiger partial charge in [0.15, 0.2) is 5.76 Å². The Bertz CT molecular complexity index is 461. The van der Waals surface area contributed by atoms with E-state index < -0.39 is 5.56 Å². The van der Waals surface area contributed by atoms with Crippen molar-refractivity contribution in [3.05, 3.63) is 39.8 Å². The highest BCUT2D eigenvalue weighted by Crippen LogP contribution is 2.17. The van der Waals surface area contributed by atoms with Gasteiger partial charge in [0.1, 0.15) is 10.7 Å². The van der Waals surface area contributed by atoms with Crippen LogP contribution in [0, 0.1) is 0 Å². The van der Waals surface area contributed by atoms with Gasteiger partial charge in [0.25, 0.3) is 5.56 Å². The monoisotopic (exact) mass is 196 g/mol. The highest BCUT2D eigenvalue weighted by Gasteiger charge is 2.04. The lowest BCUT2D eigenvalue weighted by molar-refractivity contribution is 0.578. The maximum absolute atomic E-state index is 10.9. The number of nitrogens with one attached hydrogen (secondary N) is 1. The van der Waals surface area contributed by atoms with Gasteiger partial charge in [-0.05, 0) is 18.2 Å². The molecule has 0 aliphatic carbocycles. The molecule has 2 aromatic rings. The van der Waals surface area contributed by atoms with Gasteiger partial charge in [0.05, 0.1) is 6.26 Å². The fourth-order valence-electron chi connectivity index (χ4n) is 0.933. The number of nitrogens with zero attached hydrogens (tertiary/aromatic N) is 1. The van der Waals surface area contributed by atoms with Gasteiger partial charge in [-0.3, -0.25) is 4.79 Å². The molecule has 0 saturated heterocycles. The molecule has 0 aromatic carbocycles. The van der Waals surface area contributed by atoms with Crippen molar-refractivity contribution >= 4 is 11.6 Å². The molecule has 2 aromatic heterocycles. The quantitative estimate of drug-likeness (QED) is 0.755. The van der Waals surface area contributed by atoms with Crippen molar-refractivity contribution in [2.75, 3.05) is 0 Å². The SMILES string of the molecule is O=c1[nH]nc(-c2ccco2)cc1Cl. The molecule has 0 bridgehead atoms. The van der Waals surface area contributed by atoms with Gasteiger partial charge in [-0.15, -0.1) is 0 Å². The first-order valence-electron chi connectivity index (χ1n) is 3.56. The summed E-state index contributed by atoms with van der Waals surface area (Å²) in [7, 11) is 0. The van der Waals surface area contributed by atoms with E-state index in [-0.39, 0.29) is 5.02 Å². The molecule has 0 aliphatic heterocycles. The van der Waals surface area contributed by atoms with Crippen LogP contribution in [0.4, 0.5) is 0 Å². The molecule has 1 N–H and O–H groups in total. The van der Waals surface area contributed by atoms with Gasteiger partial charge < -0.3 is 4.42 Å². The van der Waals surface area contributed by atoms with Gasteiger partial charge in [0, 0.05) is 0 Å². The van der Waals surface area contributed by atoms with E-state index in [0.717, 1.165) is 0 Å². The zero-order valence-electron chi connectivity index (χ0n) is 6.45. The van der Waals surface area contributed by atoms with Crippen LogP contribution in [0.15, 0.2) is 33.7 Å². The zero-order chi connectivity index (χ0) is 9.26. The lowest BCUT2D eigenvalue weighted by Crippen LogP contribution is -2.08. The van der Waals surface area contributed by atoms with Crippen molar-refractivity contribution < 1.29 is 4.42 Å². The van der Waals surface area contributed by atoms with Gasteiger partial charge in [-0.25, -0.2) is 5.10 Å². The van der Waals surface area contributed by atoms with Crippen LogP contribution in [-0.4, -0.2) is 10.2 Å². The van der Waals surface area contributed by atoms with Crippen LogP contribution in [0.1, 0.15) is 0 Å². The molecular formula is C8H5ClN2O2. The summed E-state index contributed by atoms with van der Waals surface area (Å²) in [4.78, 5) is 10.9. The summed E-state index contributed by atoms with van der Waals surface area (Å²) in [6, 6.07) is 4.92. The number of H-pyrrole nitrogens is 1. The van der Waals surface area contributed by atoms with Gasteiger partial charge >= 0.3 is 0 Å². The molecule has 0 atom stereocenters. The van der Waals surface area contributed by atoms with E-state index in [1.807, 2.05) is 0 Å². The second-order valence-electron chi connectivity index (χ2n) is 2.41. The maximum Gasteiger partial charge on any atom is 0.282 e. The standard InChI is InChI=1S/C8H5ClN2O2/c9-5-4-6(10-11-8(5)12)7-2-1-3-13-7/h1-4H,(H,11,12). The van der Waals surface area contributed by atoms with Crippen molar-refractivity contribution in [2.45, 2.75) is 0 Å². The van der Waals surface area contributed by atoms with Crippen molar-refractivity contribution in [1.29, 1.82) is 0 Å². The summed E-state index contributed by atoms with van der Waals surface area (Å²) in [5.41, 5.74) is 0.103. The van der Waals surface area contributed by atoms with E-state index in [9.17, 15) is 4.79 Å². The van der Waals surface area contributed by atoms with Crippen molar-refractivity contribution in [3.63, 3.8) is 0 Å². The molecule has 0 aliphatic rings. The largest absolute Gasteiger partial charge is 0.463 e. The van der Waals surface area contributed by atoms with Crippen LogP contribution in [0.5, 0.6) is 0 Å². The smallest absolute Gasteiger partial charge is 0.282 e. The number of hydrogen-bond acceptors (Lipinski definition) is 3. The molecule has 2 heterocycles. The first-order chi connectivity index (χ1) is 6.27. The minimum atomic E-state index is -0.406. The molecule has 5 heteroatoms. The lowest BCUT2D eigenvalue weighted by Gasteiger charge is -1.94. The Morgan fingerprint density at radius 2 is 2.38 bits per heavy atom. The molecule has 0 amide bonds. The van der Waals surface area contributed by atoms with E-state index in [0.29, 0.717) is 11.5 Å². The Morgan fingerprint density at radius 3 is 3.00 bits per heavy atom. The lowest BCUT2D eigenvalue weighted by atomic mass is 10.3. The predicted octanol–water partition coefficient (Wildman–Crippen LogP) is 1.68. The van der Waals surface area contributed by atoms with Crippen LogP contribution in [0.3, 0.4) is 0 Å². The topological polar surface area (TPSA) is 58.9 Å².